The van der Waals surface area contributed by atoms with Crippen molar-refractivity contribution in [2.75, 3.05) is 0 Å². The lowest BCUT2D eigenvalue weighted by molar-refractivity contribution is 0.371. The molecular formula is C20H16O3. The second kappa shape index (κ2) is 6.28. The number of rotatable bonds is 0. The number of benzene rings is 4. The third-order valence-electron chi connectivity index (χ3n) is 3.63. The van der Waals surface area contributed by atoms with E-state index >= 15 is 0 Å². The van der Waals surface area contributed by atoms with Crippen molar-refractivity contribution < 1.29 is 15.3 Å². The highest BCUT2D eigenvalue weighted by Gasteiger charge is 2.09. The summed E-state index contributed by atoms with van der Waals surface area (Å²) in [7, 11) is 0. The van der Waals surface area contributed by atoms with Crippen LogP contribution in [0.3, 0.4) is 0 Å². The maximum atomic E-state index is 9.43. The first-order chi connectivity index (χ1) is 11.2. The minimum Gasteiger partial charge on any atom is -0.504 e. The van der Waals surface area contributed by atoms with Crippen LogP contribution in [-0.2, 0) is 0 Å². The summed E-state index contributed by atoms with van der Waals surface area (Å²) in [5, 5.41) is 31.7. The van der Waals surface area contributed by atoms with Gasteiger partial charge in [0.25, 0.3) is 0 Å². The molecule has 0 saturated carbocycles. The fourth-order valence-corrected chi connectivity index (χ4v) is 2.44. The molecule has 0 aromatic heterocycles. The maximum absolute atomic E-state index is 9.43. The van der Waals surface area contributed by atoms with Crippen LogP contribution in [0.25, 0.3) is 21.5 Å². The predicted octanol–water partition coefficient (Wildman–Crippen LogP) is 4.80. The first-order valence-electron chi connectivity index (χ1n) is 7.23. The molecule has 0 spiro atoms. The molecule has 0 heterocycles. The first-order valence-corrected chi connectivity index (χ1v) is 7.23. The lowest BCUT2D eigenvalue weighted by Gasteiger charge is -2.04. The molecular weight excluding hydrogens is 288 g/mol. The normalized spacial score (nSPS) is 10.3. The third kappa shape index (κ3) is 3.04. The van der Waals surface area contributed by atoms with Gasteiger partial charge in [0.15, 0.2) is 11.5 Å². The van der Waals surface area contributed by atoms with E-state index in [9.17, 15) is 15.3 Å². The zero-order valence-electron chi connectivity index (χ0n) is 12.3. The molecule has 0 aliphatic rings. The van der Waals surface area contributed by atoms with Crippen molar-refractivity contribution in [2.45, 2.75) is 0 Å². The fourth-order valence-electron chi connectivity index (χ4n) is 2.44. The van der Waals surface area contributed by atoms with Gasteiger partial charge in [-0.2, -0.15) is 0 Å². The Bertz CT molecular complexity index is 896. The molecule has 4 aromatic rings. The molecule has 4 rings (SSSR count). The molecule has 0 saturated heterocycles. The maximum Gasteiger partial charge on any atom is 0.200 e. The quantitative estimate of drug-likeness (QED) is 0.409. The van der Waals surface area contributed by atoms with Crippen LogP contribution in [0.15, 0.2) is 78.9 Å². The highest BCUT2D eigenvalue weighted by Crippen LogP contribution is 2.40. The molecule has 0 aliphatic heterocycles. The van der Waals surface area contributed by atoms with E-state index < -0.39 is 5.75 Å². The van der Waals surface area contributed by atoms with Crippen molar-refractivity contribution in [3.05, 3.63) is 78.9 Å². The smallest absolute Gasteiger partial charge is 0.200 e. The zero-order chi connectivity index (χ0) is 16.2. The fraction of sp³-hybridized carbons (Fsp3) is 0. The van der Waals surface area contributed by atoms with Crippen LogP contribution < -0.4 is 0 Å². The van der Waals surface area contributed by atoms with Gasteiger partial charge in [0.1, 0.15) is 0 Å². The van der Waals surface area contributed by atoms with Gasteiger partial charge in [0.2, 0.25) is 5.75 Å². The largest absolute Gasteiger partial charge is 0.504 e. The highest BCUT2D eigenvalue weighted by atomic mass is 16.3. The Balaban J connectivity index is 0.000000140. The van der Waals surface area contributed by atoms with Crippen LogP contribution in [0.1, 0.15) is 0 Å². The van der Waals surface area contributed by atoms with Gasteiger partial charge in [-0.15, -0.1) is 0 Å². The Kier molecular flexibility index (Phi) is 4.02. The monoisotopic (exact) mass is 304 g/mol. The van der Waals surface area contributed by atoms with Crippen LogP contribution in [-0.4, -0.2) is 15.3 Å². The van der Waals surface area contributed by atoms with Crippen LogP contribution in [0.4, 0.5) is 0 Å². The van der Waals surface area contributed by atoms with Crippen LogP contribution in [0.5, 0.6) is 17.2 Å². The van der Waals surface area contributed by atoms with Gasteiger partial charge in [-0.05, 0) is 22.2 Å². The standard InChI is InChI=1S/C10H8O3.C10H8/c11-8-5-6-3-1-2-4-7(6)9(12)10(8)13;1-2-6-10-8-4-3-7-9(10)5-1/h1-5,11-13H;1-8H. The first kappa shape index (κ1) is 14.7. The molecule has 0 amide bonds. The van der Waals surface area contributed by atoms with Crippen LogP contribution in [0.2, 0.25) is 0 Å². The van der Waals surface area contributed by atoms with Crippen molar-refractivity contribution in [3.63, 3.8) is 0 Å². The van der Waals surface area contributed by atoms with E-state index in [-0.39, 0.29) is 11.5 Å². The predicted molar refractivity (Wildman–Crippen MR) is 92.9 cm³/mol. The molecule has 0 fully saturated rings. The Hall–Kier alpha value is -3.20. The summed E-state index contributed by atoms with van der Waals surface area (Å²) >= 11 is 0. The number of hydrogen-bond donors (Lipinski definition) is 3. The molecule has 0 bridgehead atoms. The molecule has 0 aliphatic carbocycles. The van der Waals surface area contributed by atoms with Crippen LogP contribution >= 0.6 is 0 Å². The van der Waals surface area contributed by atoms with Crippen molar-refractivity contribution in [2.24, 2.45) is 0 Å². The number of aromatic hydroxyl groups is 3. The molecule has 0 atom stereocenters. The van der Waals surface area contributed by atoms with Crippen LogP contribution in [0, 0.1) is 0 Å². The zero-order valence-corrected chi connectivity index (χ0v) is 12.3. The second-order valence-corrected chi connectivity index (χ2v) is 5.16. The molecule has 3 heteroatoms. The van der Waals surface area contributed by atoms with Gasteiger partial charge < -0.3 is 15.3 Å². The van der Waals surface area contributed by atoms with Gasteiger partial charge in [-0.3, -0.25) is 0 Å². The third-order valence-corrected chi connectivity index (χ3v) is 3.63. The topological polar surface area (TPSA) is 60.7 Å². The van der Waals surface area contributed by atoms with E-state index in [1.165, 1.54) is 16.8 Å². The summed E-state index contributed by atoms with van der Waals surface area (Å²) in [6.45, 7) is 0. The Morgan fingerprint density at radius 2 is 0.913 bits per heavy atom. The number of fused-ring (bicyclic) bond motifs is 2. The average molecular weight is 304 g/mol. The average Bonchev–Trinajstić information content (AvgIpc) is 2.60. The number of hydrogen-bond acceptors (Lipinski definition) is 3. The van der Waals surface area contributed by atoms with E-state index in [1.54, 1.807) is 24.3 Å². The highest BCUT2D eigenvalue weighted by molar-refractivity contribution is 5.92. The summed E-state index contributed by atoms with van der Waals surface area (Å²) in [5.74, 6) is -1.06. The molecule has 0 unspecified atom stereocenters. The van der Waals surface area contributed by atoms with Gasteiger partial charge in [-0.1, -0.05) is 72.8 Å². The van der Waals surface area contributed by atoms with Crippen molar-refractivity contribution >= 4 is 21.5 Å². The minimum absolute atomic E-state index is 0.282. The summed E-state index contributed by atoms with van der Waals surface area (Å²) in [4.78, 5) is 0. The SMILES string of the molecule is Oc1cc2ccccc2c(O)c1O.c1ccc2ccccc2c1. The van der Waals surface area contributed by atoms with E-state index in [1.807, 2.05) is 0 Å². The Labute approximate surface area is 133 Å². The van der Waals surface area contributed by atoms with Crippen molar-refractivity contribution in [1.82, 2.24) is 0 Å². The van der Waals surface area contributed by atoms with E-state index in [0.717, 1.165) is 0 Å². The molecule has 3 N–H and O–H groups in total. The Morgan fingerprint density at radius 1 is 0.478 bits per heavy atom. The van der Waals surface area contributed by atoms with E-state index in [2.05, 4.69) is 48.5 Å². The van der Waals surface area contributed by atoms with Gasteiger partial charge >= 0.3 is 0 Å². The lowest BCUT2D eigenvalue weighted by atomic mass is 10.1. The van der Waals surface area contributed by atoms with Gasteiger partial charge in [-0.25, -0.2) is 0 Å². The van der Waals surface area contributed by atoms with Gasteiger partial charge in [0, 0.05) is 5.39 Å². The van der Waals surface area contributed by atoms with E-state index in [4.69, 9.17) is 0 Å². The molecule has 0 radical (unpaired) electrons. The molecule has 114 valence electrons. The summed E-state index contributed by atoms with van der Waals surface area (Å²) < 4.78 is 0. The minimum atomic E-state index is -0.473. The summed E-state index contributed by atoms with van der Waals surface area (Å²) in [6, 6.07) is 25.1. The second-order valence-electron chi connectivity index (χ2n) is 5.16. The molecule has 23 heavy (non-hydrogen) atoms. The van der Waals surface area contributed by atoms with E-state index in [0.29, 0.717) is 10.8 Å². The van der Waals surface area contributed by atoms with Crippen molar-refractivity contribution in [1.29, 1.82) is 0 Å². The van der Waals surface area contributed by atoms with Crippen molar-refractivity contribution in [3.8, 4) is 17.2 Å². The molecule has 4 aromatic carbocycles. The number of phenols is 3. The summed E-state index contributed by atoms with van der Waals surface area (Å²) in [5.41, 5.74) is 0. The van der Waals surface area contributed by atoms with Gasteiger partial charge in [0.05, 0.1) is 0 Å². The number of phenolic OH excluding ortho intramolecular Hbond substituents is 3. The Morgan fingerprint density at radius 3 is 1.43 bits per heavy atom. The molecule has 3 nitrogen and oxygen atoms in total. The summed E-state index contributed by atoms with van der Waals surface area (Å²) in [6.07, 6.45) is 0. The lowest BCUT2D eigenvalue weighted by Crippen LogP contribution is -1.76.